The van der Waals surface area contributed by atoms with E-state index in [-0.39, 0.29) is 18.1 Å². The van der Waals surface area contributed by atoms with Crippen molar-refractivity contribution in [2.45, 2.75) is 20.5 Å². The van der Waals surface area contributed by atoms with Crippen LogP contribution >= 0.6 is 0 Å². The van der Waals surface area contributed by atoms with Gasteiger partial charge in [-0.1, -0.05) is 0 Å². The van der Waals surface area contributed by atoms with Gasteiger partial charge in [-0.05, 0) is 19.4 Å². The lowest BCUT2D eigenvalue weighted by Crippen LogP contribution is -2.09. The Hall–Kier alpha value is -1.72. The van der Waals surface area contributed by atoms with Crippen LogP contribution in [0.5, 0.6) is 5.88 Å². The highest BCUT2D eigenvalue weighted by Crippen LogP contribution is 2.16. The van der Waals surface area contributed by atoms with Crippen LogP contribution < -0.4 is 4.74 Å². The van der Waals surface area contributed by atoms with Gasteiger partial charge in [0.25, 0.3) is 0 Å². The molecule has 6 heteroatoms. The Morgan fingerprint density at radius 2 is 2.25 bits per heavy atom. The van der Waals surface area contributed by atoms with Crippen LogP contribution in [-0.4, -0.2) is 24.2 Å². The van der Waals surface area contributed by atoms with E-state index in [1.807, 2.05) is 0 Å². The second-order valence-corrected chi connectivity index (χ2v) is 2.94. The number of alkyl halides is 2. The van der Waals surface area contributed by atoms with Gasteiger partial charge in [-0.3, -0.25) is 0 Å². The summed E-state index contributed by atoms with van der Waals surface area (Å²) in [5.74, 6) is -0.753. The highest BCUT2D eigenvalue weighted by molar-refractivity contribution is 5.90. The zero-order valence-corrected chi connectivity index (χ0v) is 8.87. The number of pyridine rings is 1. The summed E-state index contributed by atoms with van der Waals surface area (Å²) in [7, 11) is 0. The molecule has 0 amide bonds. The summed E-state index contributed by atoms with van der Waals surface area (Å²) < 4.78 is 32.6. The van der Waals surface area contributed by atoms with E-state index in [2.05, 4.69) is 9.72 Å². The number of aromatic nitrogens is 1. The van der Waals surface area contributed by atoms with Gasteiger partial charge in [-0.25, -0.2) is 9.78 Å². The number of ether oxygens (including phenoxy) is 2. The largest absolute Gasteiger partial charge is 0.462 e. The van der Waals surface area contributed by atoms with Crippen LogP contribution in [0.2, 0.25) is 0 Å². The maximum absolute atomic E-state index is 11.9. The number of carbonyl (C=O) groups is 1. The van der Waals surface area contributed by atoms with E-state index in [0.29, 0.717) is 5.56 Å². The quantitative estimate of drug-likeness (QED) is 0.745. The van der Waals surface area contributed by atoms with Gasteiger partial charge in [-0.2, -0.15) is 8.78 Å². The van der Waals surface area contributed by atoms with Crippen molar-refractivity contribution in [2.75, 3.05) is 6.61 Å². The Morgan fingerprint density at radius 3 is 2.75 bits per heavy atom. The zero-order valence-electron chi connectivity index (χ0n) is 8.87. The smallest absolute Gasteiger partial charge is 0.388 e. The van der Waals surface area contributed by atoms with Crippen LogP contribution in [0.4, 0.5) is 8.78 Å². The summed E-state index contributed by atoms with van der Waals surface area (Å²) in [6, 6.07) is 1.26. The van der Waals surface area contributed by atoms with Crippen molar-refractivity contribution in [1.82, 2.24) is 4.98 Å². The molecule has 0 spiro atoms. The molecule has 0 aliphatic carbocycles. The molecule has 0 aromatic carbocycles. The highest BCUT2D eigenvalue weighted by Gasteiger charge is 2.13. The topological polar surface area (TPSA) is 48.4 Å². The lowest BCUT2D eigenvalue weighted by atomic mass is 10.1. The minimum Gasteiger partial charge on any atom is -0.462 e. The molecule has 0 fully saturated rings. The normalized spacial score (nSPS) is 10.3. The van der Waals surface area contributed by atoms with Gasteiger partial charge < -0.3 is 9.47 Å². The lowest BCUT2D eigenvalue weighted by molar-refractivity contribution is -0.0528. The van der Waals surface area contributed by atoms with Gasteiger partial charge in [0, 0.05) is 12.3 Å². The standard InChI is InChI=1S/C10H11F2NO3/c1-3-15-9(14)7-5-13-8(4-6(7)2)16-10(11)12/h4-5,10H,3H2,1-2H3. The Labute approximate surface area is 91.2 Å². The first kappa shape index (κ1) is 12.4. The van der Waals surface area contributed by atoms with Crippen LogP contribution in [0.1, 0.15) is 22.8 Å². The van der Waals surface area contributed by atoms with Crippen molar-refractivity contribution < 1.29 is 23.0 Å². The monoisotopic (exact) mass is 231 g/mol. The average molecular weight is 231 g/mol. The molecule has 1 aromatic rings. The molecule has 1 heterocycles. The third-order valence-corrected chi connectivity index (χ3v) is 1.79. The van der Waals surface area contributed by atoms with Gasteiger partial charge in [0.2, 0.25) is 5.88 Å². The Kier molecular flexibility index (Phi) is 4.16. The lowest BCUT2D eigenvalue weighted by Gasteiger charge is -2.07. The number of aryl methyl sites for hydroxylation is 1. The first-order valence-corrected chi connectivity index (χ1v) is 4.63. The SMILES string of the molecule is CCOC(=O)c1cnc(OC(F)F)cc1C. The van der Waals surface area contributed by atoms with Gasteiger partial charge in [0.15, 0.2) is 0 Å². The number of esters is 1. The van der Waals surface area contributed by atoms with E-state index >= 15 is 0 Å². The van der Waals surface area contributed by atoms with E-state index < -0.39 is 12.6 Å². The molecular weight excluding hydrogens is 220 g/mol. The van der Waals surface area contributed by atoms with Crippen molar-refractivity contribution in [1.29, 1.82) is 0 Å². The second kappa shape index (κ2) is 5.39. The molecule has 0 saturated carbocycles. The molecule has 0 saturated heterocycles. The van der Waals surface area contributed by atoms with Crippen molar-refractivity contribution in [3.63, 3.8) is 0 Å². The molecule has 1 rings (SSSR count). The molecule has 1 aromatic heterocycles. The van der Waals surface area contributed by atoms with Gasteiger partial charge in [0.05, 0.1) is 12.2 Å². The average Bonchev–Trinajstić information content (AvgIpc) is 2.16. The minimum atomic E-state index is -2.93. The molecule has 0 atom stereocenters. The Bertz CT molecular complexity index is 382. The fraction of sp³-hybridized carbons (Fsp3) is 0.400. The molecule has 0 aliphatic rings. The van der Waals surface area contributed by atoms with E-state index in [4.69, 9.17) is 4.74 Å². The van der Waals surface area contributed by atoms with Crippen LogP contribution in [0.3, 0.4) is 0 Å². The fourth-order valence-electron chi connectivity index (χ4n) is 1.11. The van der Waals surface area contributed by atoms with Gasteiger partial charge >= 0.3 is 12.6 Å². The predicted octanol–water partition coefficient (Wildman–Crippen LogP) is 2.17. The van der Waals surface area contributed by atoms with Crippen LogP contribution in [0.15, 0.2) is 12.3 Å². The van der Waals surface area contributed by atoms with E-state index in [1.54, 1.807) is 13.8 Å². The summed E-state index contributed by atoms with van der Waals surface area (Å²) in [6.07, 6.45) is 1.16. The van der Waals surface area contributed by atoms with Crippen molar-refractivity contribution >= 4 is 5.97 Å². The van der Waals surface area contributed by atoms with Crippen LogP contribution in [0.25, 0.3) is 0 Å². The summed E-state index contributed by atoms with van der Waals surface area (Å²) in [5.41, 5.74) is 0.715. The van der Waals surface area contributed by atoms with E-state index in [9.17, 15) is 13.6 Å². The summed E-state index contributed by atoms with van der Waals surface area (Å²) in [5, 5.41) is 0. The predicted molar refractivity (Wildman–Crippen MR) is 51.6 cm³/mol. The summed E-state index contributed by atoms with van der Waals surface area (Å²) in [4.78, 5) is 14.9. The molecule has 0 unspecified atom stereocenters. The number of rotatable bonds is 4. The van der Waals surface area contributed by atoms with E-state index in [0.717, 1.165) is 6.20 Å². The van der Waals surface area contributed by atoms with Crippen molar-refractivity contribution in [2.24, 2.45) is 0 Å². The summed E-state index contributed by atoms with van der Waals surface area (Å²) in [6.45, 7) is 0.578. The molecule has 0 aliphatic heterocycles. The molecule has 88 valence electrons. The molecule has 0 N–H and O–H groups in total. The number of halogens is 2. The number of hydrogen-bond donors (Lipinski definition) is 0. The Morgan fingerprint density at radius 1 is 1.56 bits per heavy atom. The number of nitrogens with zero attached hydrogens (tertiary/aromatic N) is 1. The Balaban J connectivity index is 2.87. The van der Waals surface area contributed by atoms with Crippen LogP contribution in [-0.2, 0) is 4.74 Å². The zero-order chi connectivity index (χ0) is 12.1. The van der Waals surface area contributed by atoms with E-state index in [1.165, 1.54) is 6.07 Å². The first-order chi connectivity index (χ1) is 7.54. The van der Waals surface area contributed by atoms with Gasteiger partial charge in [-0.15, -0.1) is 0 Å². The molecule has 0 radical (unpaired) electrons. The first-order valence-electron chi connectivity index (χ1n) is 4.63. The number of carbonyl (C=O) groups excluding carboxylic acids is 1. The molecule has 0 bridgehead atoms. The third-order valence-electron chi connectivity index (χ3n) is 1.79. The fourth-order valence-corrected chi connectivity index (χ4v) is 1.11. The van der Waals surface area contributed by atoms with Crippen molar-refractivity contribution in [3.8, 4) is 5.88 Å². The van der Waals surface area contributed by atoms with Crippen LogP contribution in [0, 0.1) is 6.92 Å². The maximum Gasteiger partial charge on any atom is 0.388 e. The van der Waals surface area contributed by atoms with Gasteiger partial charge in [0.1, 0.15) is 0 Å². The highest BCUT2D eigenvalue weighted by atomic mass is 19.3. The second-order valence-electron chi connectivity index (χ2n) is 2.94. The van der Waals surface area contributed by atoms with Crippen molar-refractivity contribution in [3.05, 3.63) is 23.4 Å². The molecule has 4 nitrogen and oxygen atoms in total. The third kappa shape index (κ3) is 3.15. The summed E-state index contributed by atoms with van der Waals surface area (Å²) >= 11 is 0. The maximum atomic E-state index is 11.9. The molecule has 16 heavy (non-hydrogen) atoms. The molecular formula is C10H11F2NO3. The minimum absolute atomic E-state index is 0.222. The number of hydrogen-bond acceptors (Lipinski definition) is 4.